The second-order valence-electron chi connectivity index (χ2n) is 9.19. The van der Waals surface area contributed by atoms with Crippen LogP contribution in [-0.4, -0.2) is 71.4 Å². The first kappa shape index (κ1) is 27.3. The van der Waals surface area contributed by atoms with Crippen LogP contribution in [0.2, 0.25) is 0 Å². The van der Waals surface area contributed by atoms with Gasteiger partial charge in [0.15, 0.2) is 0 Å². The van der Waals surface area contributed by atoms with Gasteiger partial charge < -0.3 is 15.2 Å². The van der Waals surface area contributed by atoms with Gasteiger partial charge in [-0.1, -0.05) is 12.1 Å². The van der Waals surface area contributed by atoms with E-state index < -0.39 is 65.7 Å². The Morgan fingerprint density at radius 1 is 1.08 bits per heavy atom. The zero-order valence-corrected chi connectivity index (χ0v) is 18.8. The van der Waals surface area contributed by atoms with E-state index in [0.717, 1.165) is 0 Å². The topological polar surface area (TPSA) is 51.4 Å². The zero-order chi connectivity index (χ0) is 27.7. The Morgan fingerprint density at radius 2 is 1.73 bits per heavy atom. The summed E-state index contributed by atoms with van der Waals surface area (Å²) in [6, 6.07) is -5.65. The Bertz CT molecular complexity index is 1180. The molecule has 2 aromatic rings. The molecule has 0 saturated carbocycles. The number of aromatic amines is 1. The highest BCUT2D eigenvalue weighted by atomic mass is 19.4. The number of aromatic nitrogens is 1. The fourth-order valence-corrected chi connectivity index (χ4v) is 5.26. The molecule has 4 rings (SSSR count). The number of hydrogen-bond donors (Lipinski definition) is 2. The van der Waals surface area contributed by atoms with Crippen molar-refractivity contribution in [3.8, 4) is 0 Å². The van der Waals surface area contributed by atoms with Crippen LogP contribution >= 0.6 is 0 Å². The van der Waals surface area contributed by atoms with Crippen molar-refractivity contribution in [1.82, 2.24) is 20.1 Å². The molecule has 1 aliphatic carbocycles. The summed E-state index contributed by atoms with van der Waals surface area (Å²) in [6.45, 7) is -3.06. The summed E-state index contributed by atoms with van der Waals surface area (Å²) in [5.74, 6) is -0.587. The van der Waals surface area contributed by atoms with Crippen molar-refractivity contribution in [2.24, 2.45) is 0 Å². The number of fused-ring (bicyclic) bond motifs is 2. The van der Waals surface area contributed by atoms with Gasteiger partial charge in [0.25, 0.3) is 0 Å². The Labute approximate surface area is 201 Å². The molecule has 3 atom stereocenters. The molecule has 1 saturated heterocycles. The third kappa shape index (κ3) is 4.91. The highest BCUT2D eigenvalue weighted by molar-refractivity contribution is 5.90. The molecule has 37 heavy (non-hydrogen) atoms. The maximum absolute atomic E-state index is 13.8. The van der Waals surface area contributed by atoms with Gasteiger partial charge in [0.2, 0.25) is 0 Å². The molecule has 1 aliphatic heterocycles. The molecule has 0 bridgehead atoms. The van der Waals surface area contributed by atoms with E-state index in [0.29, 0.717) is 10.9 Å². The third-order valence-corrected chi connectivity index (χ3v) is 6.72. The van der Waals surface area contributed by atoms with Crippen molar-refractivity contribution in [1.29, 1.82) is 0 Å². The zero-order valence-electron chi connectivity index (χ0n) is 18.8. The van der Waals surface area contributed by atoms with E-state index in [9.17, 15) is 53.1 Å². The molecule has 3 unspecified atom stereocenters. The second kappa shape index (κ2) is 8.63. The minimum Gasteiger partial charge on any atom is -0.351 e. The number of likely N-dealkylation sites (N-methyl/N-ethyl adjacent to an activating group) is 1. The summed E-state index contributed by atoms with van der Waals surface area (Å²) in [5, 5.41) is 2.14. The van der Waals surface area contributed by atoms with Crippen LogP contribution in [0.25, 0.3) is 10.9 Å². The molecule has 0 spiro atoms. The summed E-state index contributed by atoms with van der Waals surface area (Å²) in [4.78, 5) is 14.6. The van der Waals surface area contributed by atoms with E-state index in [2.05, 4.69) is 4.98 Å². The molecule has 1 aromatic carbocycles. The maximum Gasteiger partial charge on any atom is 0.475 e. The van der Waals surface area contributed by atoms with Crippen LogP contribution in [0.5, 0.6) is 0 Å². The normalized spacial score (nSPS) is 23.2. The fourth-order valence-electron chi connectivity index (χ4n) is 5.26. The smallest absolute Gasteiger partial charge is 0.351 e. The molecule has 16 heteroatoms. The molecule has 0 radical (unpaired) electrons. The third-order valence-electron chi connectivity index (χ3n) is 6.72. The molecule has 2 aliphatic rings. The minimum atomic E-state index is -6.47. The summed E-state index contributed by atoms with van der Waals surface area (Å²) in [5.41, 5.74) is -0.272. The molecular formula is C21H19F11N4O. The summed E-state index contributed by atoms with van der Waals surface area (Å²) < 4.78 is 145. The van der Waals surface area contributed by atoms with Crippen molar-refractivity contribution < 1.29 is 53.1 Å². The van der Waals surface area contributed by atoms with Crippen molar-refractivity contribution in [3.05, 3.63) is 35.0 Å². The lowest BCUT2D eigenvalue weighted by Crippen LogP contribution is -2.63. The monoisotopic (exact) mass is 552 g/mol. The van der Waals surface area contributed by atoms with Gasteiger partial charge >= 0.3 is 30.6 Å². The van der Waals surface area contributed by atoms with Crippen molar-refractivity contribution in [3.63, 3.8) is 0 Å². The van der Waals surface area contributed by atoms with Gasteiger partial charge in [0.05, 0.1) is 0 Å². The first-order valence-corrected chi connectivity index (χ1v) is 10.8. The molecule has 2 amide bonds. The first-order chi connectivity index (χ1) is 16.8. The largest absolute Gasteiger partial charge is 0.475 e. The Balaban J connectivity index is 1.64. The van der Waals surface area contributed by atoms with E-state index in [-0.39, 0.29) is 30.5 Å². The van der Waals surface area contributed by atoms with E-state index in [1.807, 2.05) is 5.32 Å². The number of nitrogens with zero attached hydrogens (tertiary/aromatic N) is 2. The predicted octanol–water partition coefficient (Wildman–Crippen LogP) is 5.63. The number of H-pyrrole nitrogens is 1. The lowest BCUT2D eigenvalue weighted by atomic mass is 9.73. The Hall–Kier alpha value is -2.78. The molecule has 5 nitrogen and oxygen atoms in total. The van der Waals surface area contributed by atoms with Gasteiger partial charge in [-0.3, -0.25) is 0 Å². The number of hydrogen-bond acceptors (Lipinski definition) is 2. The predicted molar refractivity (Wildman–Crippen MR) is 107 cm³/mol. The number of nitrogens with one attached hydrogen (secondary N) is 2. The van der Waals surface area contributed by atoms with Crippen LogP contribution in [0.3, 0.4) is 0 Å². The van der Waals surface area contributed by atoms with Crippen LogP contribution in [0, 0.1) is 0 Å². The van der Waals surface area contributed by atoms with Crippen molar-refractivity contribution in [2.45, 2.75) is 55.4 Å². The number of urea groups is 1. The molecular weight excluding hydrogens is 533 g/mol. The van der Waals surface area contributed by atoms with Gasteiger partial charge in [-0.2, -0.15) is 48.3 Å². The second-order valence-corrected chi connectivity index (χ2v) is 9.19. The summed E-state index contributed by atoms with van der Waals surface area (Å²) in [6.07, 6.45) is -16.9. The van der Waals surface area contributed by atoms with Crippen LogP contribution in [0.4, 0.5) is 53.1 Å². The van der Waals surface area contributed by atoms with Crippen LogP contribution in [0.1, 0.15) is 29.2 Å². The number of amides is 2. The standard InChI is InChI=1S/C21H19F11N4O/c1-35-7-9(33-17(37)36(8-18(22,23)24)21(31,32)20(28,29)30)5-11-10-3-2-4-13-15(10)12(6-14(11)35)16(34-13)19(25,26)27/h2-4,9,11,14,34H,5-8H2,1H3,(H,33,37). The average Bonchev–Trinajstić information content (AvgIpc) is 3.12. The summed E-state index contributed by atoms with van der Waals surface area (Å²) in [7, 11) is 1.46. The Morgan fingerprint density at radius 3 is 2.30 bits per heavy atom. The van der Waals surface area contributed by atoms with Gasteiger partial charge in [-0.15, -0.1) is 0 Å². The number of piperidine rings is 1. The maximum atomic E-state index is 13.8. The molecule has 1 fully saturated rings. The molecule has 2 N–H and O–H groups in total. The summed E-state index contributed by atoms with van der Waals surface area (Å²) >= 11 is 0. The lowest BCUT2D eigenvalue weighted by molar-refractivity contribution is -0.338. The number of benzene rings is 1. The highest BCUT2D eigenvalue weighted by Gasteiger charge is 2.65. The van der Waals surface area contributed by atoms with Crippen LogP contribution < -0.4 is 5.32 Å². The number of halogens is 11. The first-order valence-electron chi connectivity index (χ1n) is 10.8. The number of likely N-dealkylation sites (tertiary alicyclic amines) is 1. The minimum absolute atomic E-state index is 0.0230. The molecule has 2 heterocycles. The van der Waals surface area contributed by atoms with E-state index >= 15 is 0 Å². The van der Waals surface area contributed by atoms with E-state index in [1.165, 1.54) is 24.1 Å². The van der Waals surface area contributed by atoms with E-state index in [4.69, 9.17) is 0 Å². The fraction of sp³-hybridized carbons (Fsp3) is 0.571. The number of carbonyl (C=O) groups is 1. The Kier molecular flexibility index (Phi) is 6.36. The van der Waals surface area contributed by atoms with E-state index in [1.54, 1.807) is 6.07 Å². The molecule has 1 aromatic heterocycles. The van der Waals surface area contributed by atoms with Crippen LogP contribution in [0.15, 0.2) is 18.2 Å². The van der Waals surface area contributed by atoms with Gasteiger partial charge in [-0.25, -0.2) is 9.69 Å². The lowest BCUT2D eigenvalue weighted by Gasteiger charge is -2.46. The van der Waals surface area contributed by atoms with Crippen LogP contribution in [-0.2, 0) is 12.6 Å². The van der Waals surface area contributed by atoms with Gasteiger partial charge in [-0.05, 0) is 37.1 Å². The SMILES string of the molecule is CN1CC(NC(=O)N(CC(F)(F)F)C(F)(F)C(F)(F)F)CC2c3cccc4[nH]c(C(F)(F)F)c(c34)CC21. The van der Waals surface area contributed by atoms with Crippen molar-refractivity contribution >= 4 is 16.9 Å². The number of carbonyl (C=O) groups excluding carboxylic acids is 1. The highest BCUT2D eigenvalue weighted by Crippen LogP contribution is 2.47. The van der Waals surface area contributed by atoms with Crippen molar-refractivity contribution in [2.75, 3.05) is 20.1 Å². The quantitative estimate of drug-likeness (QED) is 0.384. The average molecular weight is 552 g/mol. The number of alkyl halides is 11. The number of rotatable bonds is 3. The van der Waals surface area contributed by atoms with Gasteiger partial charge in [0, 0.05) is 35.4 Å². The van der Waals surface area contributed by atoms with Gasteiger partial charge in [0.1, 0.15) is 12.2 Å². The molecule has 206 valence electrons.